The van der Waals surface area contributed by atoms with Crippen molar-refractivity contribution in [2.45, 2.75) is 6.92 Å². The molecule has 0 bridgehead atoms. The fraction of sp³-hybridized carbons (Fsp3) is 0.0909. The first-order valence-electron chi connectivity index (χ1n) is 3.64. The van der Waals surface area contributed by atoms with Crippen LogP contribution < -0.4 is 0 Å². The predicted octanol–water partition coefficient (Wildman–Crippen LogP) is 2.75. The van der Waals surface area contributed by atoms with Crippen LogP contribution in [0.25, 0.3) is 10.8 Å². The Bertz CT molecular complexity index is 374. The third-order valence-corrected chi connectivity index (χ3v) is 1.76. The van der Waals surface area contributed by atoms with E-state index in [2.05, 4.69) is 37.3 Å². The Morgan fingerprint density at radius 1 is 1.27 bits per heavy atom. The van der Waals surface area contributed by atoms with Gasteiger partial charge in [0.2, 0.25) is 0 Å². The summed E-state index contributed by atoms with van der Waals surface area (Å²) in [6, 6.07) is 16.3. The quantitative estimate of drug-likeness (QED) is 0.527. The van der Waals surface area contributed by atoms with Gasteiger partial charge in [-0.05, 0) is 42.0 Å². The van der Waals surface area contributed by atoms with E-state index in [0.717, 1.165) is 5.39 Å². The number of hydrogen-bond acceptors (Lipinski definition) is 0. The van der Waals surface area contributed by atoms with Crippen molar-refractivity contribution in [1.29, 1.82) is 0 Å². The lowest BCUT2D eigenvalue weighted by Crippen LogP contribution is -1.73. The fourth-order valence-electron chi connectivity index (χ4n) is 1.18. The third-order valence-electron chi connectivity index (χ3n) is 1.76. The van der Waals surface area contributed by atoms with Crippen molar-refractivity contribution < 1.29 is 0 Å². The maximum Gasteiger partial charge on any atom is -0.00928 e. The summed E-state index contributed by atoms with van der Waals surface area (Å²) >= 11 is 0. The molecule has 0 saturated carbocycles. The molecule has 0 heterocycles. The van der Waals surface area contributed by atoms with Crippen molar-refractivity contribution >= 4 is 10.8 Å². The van der Waals surface area contributed by atoms with Crippen LogP contribution in [-0.2, 0) is 0 Å². The highest BCUT2D eigenvalue weighted by Gasteiger charge is 1.90. The second-order valence-electron chi connectivity index (χ2n) is 2.69. The van der Waals surface area contributed by atoms with Crippen LogP contribution in [0.2, 0.25) is 0 Å². The topological polar surface area (TPSA) is 0 Å². The highest BCUT2D eigenvalue weighted by Crippen LogP contribution is 2.13. The smallest absolute Gasteiger partial charge is 0.00928 e. The van der Waals surface area contributed by atoms with E-state index in [4.69, 9.17) is 0 Å². The first-order chi connectivity index (χ1) is 5.36. The zero-order valence-corrected chi connectivity index (χ0v) is 6.39. The summed E-state index contributed by atoms with van der Waals surface area (Å²) in [5.74, 6) is 0. The Balaban J connectivity index is 2.83. The first-order valence-corrected chi connectivity index (χ1v) is 3.64. The molecule has 52 valence electrons. The van der Waals surface area contributed by atoms with Crippen LogP contribution in [0.5, 0.6) is 0 Å². The predicted molar refractivity (Wildman–Crippen MR) is 46.4 cm³/mol. The molecule has 2 aromatic carbocycles. The van der Waals surface area contributed by atoms with Gasteiger partial charge >= 0.3 is 0 Å². The Labute approximate surface area is 66.5 Å². The van der Waals surface area contributed by atoms with Crippen molar-refractivity contribution in [3.8, 4) is 0 Å². The van der Waals surface area contributed by atoms with Crippen LogP contribution in [0.1, 0.15) is 5.56 Å². The molecule has 0 aromatic heterocycles. The molecule has 0 fully saturated rings. The van der Waals surface area contributed by atoms with Crippen molar-refractivity contribution in [2.24, 2.45) is 0 Å². The van der Waals surface area contributed by atoms with Crippen molar-refractivity contribution in [3.63, 3.8) is 0 Å². The summed E-state index contributed by atoms with van der Waals surface area (Å²) in [6.07, 6.45) is 0. The molecule has 0 atom stereocenters. The highest BCUT2D eigenvalue weighted by atomic mass is 13.9. The van der Waals surface area contributed by atoms with E-state index in [1.165, 1.54) is 10.9 Å². The largest absolute Gasteiger partial charge is 0.0587 e. The van der Waals surface area contributed by atoms with Crippen LogP contribution in [-0.4, -0.2) is 0 Å². The minimum atomic E-state index is 1.16. The standard InChI is InChI=1S/C11H8/c1-9-6-7-10-4-2-3-5-11(10)8-9/h2,5-8H,1H3. The van der Waals surface area contributed by atoms with Gasteiger partial charge in [0.15, 0.2) is 0 Å². The van der Waals surface area contributed by atoms with Crippen molar-refractivity contribution in [1.82, 2.24) is 0 Å². The Morgan fingerprint density at radius 2 is 2.18 bits per heavy atom. The monoisotopic (exact) mass is 140 g/mol. The van der Waals surface area contributed by atoms with E-state index < -0.39 is 0 Å². The molecule has 0 aliphatic carbocycles. The van der Waals surface area contributed by atoms with Gasteiger partial charge in [-0.1, -0.05) is 23.8 Å². The van der Waals surface area contributed by atoms with Gasteiger partial charge in [0.05, 0.1) is 0 Å². The molecule has 0 aliphatic rings. The van der Waals surface area contributed by atoms with Gasteiger partial charge in [-0.15, -0.1) is 0 Å². The zero-order chi connectivity index (χ0) is 7.68. The molecule has 0 unspecified atom stereocenters. The van der Waals surface area contributed by atoms with Crippen LogP contribution in [0.15, 0.2) is 30.3 Å². The second-order valence-corrected chi connectivity index (χ2v) is 2.69. The van der Waals surface area contributed by atoms with Crippen LogP contribution >= 0.6 is 0 Å². The van der Waals surface area contributed by atoms with Gasteiger partial charge in [0.25, 0.3) is 0 Å². The van der Waals surface area contributed by atoms with Gasteiger partial charge in [-0.3, -0.25) is 0 Å². The maximum absolute atomic E-state index is 3.12. The lowest BCUT2D eigenvalue weighted by Gasteiger charge is -1.96. The summed E-state index contributed by atoms with van der Waals surface area (Å²) in [4.78, 5) is 0. The molecule has 2 rings (SSSR count). The number of aryl methyl sites for hydroxylation is 1. The summed E-state index contributed by atoms with van der Waals surface area (Å²) in [7, 11) is 0. The zero-order valence-electron chi connectivity index (χ0n) is 6.39. The molecule has 0 nitrogen and oxygen atoms in total. The van der Waals surface area contributed by atoms with E-state index in [9.17, 15) is 0 Å². The summed E-state index contributed by atoms with van der Waals surface area (Å²) < 4.78 is 0. The Kier molecular flexibility index (Phi) is 1.39. The van der Waals surface area contributed by atoms with Gasteiger partial charge in [0, 0.05) is 0 Å². The highest BCUT2D eigenvalue weighted by molar-refractivity contribution is 5.82. The first kappa shape index (κ1) is 6.41. The number of fused-ring (bicyclic) bond motifs is 1. The minimum Gasteiger partial charge on any atom is -0.0587 e. The third kappa shape index (κ3) is 1.12. The molecule has 2 radical (unpaired) electrons. The second kappa shape index (κ2) is 2.39. The number of rotatable bonds is 0. The summed E-state index contributed by atoms with van der Waals surface area (Å²) in [5.41, 5.74) is 1.28. The molecule has 0 saturated heterocycles. The lowest BCUT2D eigenvalue weighted by molar-refractivity contribution is 1.50. The molecule has 0 N–H and O–H groups in total. The van der Waals surface area contributed by atoms with Gasteiger partial charge in [0.1, 0.15) is 0 Å². The van der Waals surface area contributed by atoms with E-state index >= 15 is 0 Å². The molecule has 0 aliphatic heterocycles. The molecular weight excluding hydrogens is 132 g/mol. The minimum absolute atomic E-state index is 1.16. The molecule has 11 heavy (non-hydrogen) atoms. The van der Waals surface area contributed by atoms with Crippen LogP contribution in [0.4, 0.5) is 0 Å². The molecule has 0 heteroatoms. The molecule has 2 aromatic rings. The molecular formula is C11H8. The Morgan fingerprint density at radius 3 is 3.09 bits per heavy atom. The Hall–Kier alpha value is -1.30. The van der Waals surface area contributed by atoms with Crippen LogP contribution in [0, 0.1) is 19.1 Å². The molecule has 0 amide bonds. The lowest BCUT2D eigenvalue weighted by atomic mass is 10.1. The van der Waals surface area contributed by atoms with Gasteiger partial charge in [-0.25, -0.2) is 0 Å². The summed E-state index contributed by atoms with van der Waals surface area (Å²) in [5, 5.41) is 2.38. The van der Waals surface area contributed by atoms with Gasteiger partial charge in [-0.2, -0.15) is 0 Å². The van der Waals surface area contributed by atoms with Gasteiger partial charge < -0.3 is 0 Å². The van der Waals surface area contributed by atoms with E-state index in [0.29, 0.717) is 0 Å². The summed E-state index contributed by atoms with van der Waals surface area (Å²) in [6.45, 7) is 2.09. The fourth-order valence-corrected chi connectivity index (χ4v) is 1.18. The van der Waals surface area contributed by atoms with E-state index in [1.54, 1.807) is 0 Å². The van der Waals surface area contributed by atoms with Crippen LogP contribution in [0.3, 0.4) is 0 Å². The maximum atomic E-state index is 3.12. The average molecular weight is 140 g/mol. The normalized spacial score (nSPS) is 10.3. The van der Waals surface area contributed by atoms with E-state index in [1.807, 2.05) is 12.1 Å². The average Bonchev–Trinajstić information content (AvgIpc) is 2.04. The van der Waals surface area contributed by atoms with Crippen molar-refractivity contribution in [2.75, 3.05) is 0 Å². The van der Waals surface area contributed by atoms with Crippen molar-refractivity contribution in [3.05, 3.63) is 48.0 Å². The van der Waals surface area contributed by atoms with E-state index in [-0.39, 0.29) is 0 Å². The number of hydrogen-bond donors (Lipinski definition) is 0. The molecule has 0 spiro atoms. The number of benzene rings is 2. The SMILES string of the molecule is Cc1ccc2[c]c[c]cc2c1.